The van der Waals surface area contributed by atoms with E-state index in [0.717, 1.165) is 37.1 Å². The van der Waals surface area contributed by atoms with Gasteiger partial charge in [-0.05, 0) is 37.4 Å². The Morgan fingerprint density at radius 1 is 1.16 bits per heavy atom. The highest BCUT2D eigenvalue weighted by atomic mass is 16.1. The number of fused-ring (bicyclic) bond motifs is 1. The number of rotatable bonds is 2. The van der Waals surface area contributed by atoms with Gasteiger partial charge in [0.2, 0.25) is 0 Å². The maximum atomic E-state index is 11.7. The Morgan fingerprint density at radius 2 is 1.95 bits per heavy atom. The van der Waals surface area contributed by atoms with Crippen molar-refractivity contribution in [2.75, 3.05) is 24.7 Å². The van der Waals surface area contributed by atoms with E-state index in [0.29, 0.717) is 0 Å². The smallest absolute Gasteiger partial charge is 0.160 e. The molecule has 3 heteroatoms. The summed E-state index contributed by atoms with van der Waals surface area (Å²) in [7, 11) is 0. The molecule has 0 atom stereocenters. The minimum Gasteiger partial charge on any atom is -0.358 e. The summed E-state index contributed by atoms with van der Waals surface area (Å²) >= 11 is 0. The first-order chi connectivity index (χ1) is 9.27. The Bertz CT molecular complexity index is 615. The lowest BCUT2D eigenvalue weighted by Crippen LogP contribution is -2.41. The van der Waals surface area contributed by atoms with Gasteiger partial charge in [-0.15, -0.1) is 0 Å². The Labute approximate surface area is 113 Å². The third kappa shape index (κ3) is 2.22. The van der Waals surface area contributed by atoms with Gasteiger partial charge in [-0.2, -0.15) is 0 Å². The number of carbonyl (C=O) groups excluding carboxylic acids is 1. The normalized spacial score (nSPS) is 15.7. The van der Waals surface area contributed by atoms with Crippen LogP contribution in [0.4, 0.5) is 5.69 Å². The van der Waals surface area contributed by atoms with E-state index in [4.69, 9.17) is 0 Å². The predicted octanol–water partition coefficient (Wildman–Crippen LogP) is 2.80. The second-order valence-corrected chi connectivity index (χ2v) is 5.01. The van der Waals surface area contributed by atoms with Crippen molar-refractivity contribution in [3.63, 3.8) is 0 Å². The minimum absolute atomic E-state index is 0.125. The van der Waals surface area contributed by atoms with Crippen LogP contribution in [-0.2, 0) is 0 Å². The molecule has 98 valence electrons. The molecule has 0 bridgehead atoms. The lowest BCUT2D eigenvalue weighted by molar-refractivity contribution is 0.101. The first-order valence-corrected chi connectivity index (χ1v) is 6.76. The summed E-state index contributed by atoms with van der Waals surface area (Å²) in [5.74, 6) is 0.125. The van der Waals surface area contributed by atoms with Crippen LogP contribution in [0.2, 0.25) is 0 Å². The number of nitrogens with one attached hydrogen (secondary N) is 1. The Balaban J connectivity index is 2.15. The van der Waals surface area contributed by atoms with E-state index in [2.05, 4.69) is 22.3 Å². The molecule has 2 aromatic carbocycles. The minimum atomic E-state index is 0.125. The van der Waals surface area contributed by atoms with Gasteiger partial charge >= 0.3 is 0 Å². The fourth-order valence-corrected chi connectivity index (χ4v) is 2.76. The molecule has 3 rings (SSSR count). The van der Waals surface area contributed by atoms with E-state index in [1.54, 1.807) is 6.92 Å². The van der Waals surface area contributed by atoms with Gasteiger partial charge in [-0.25, -0.2) is 0 Å². The summed E-state index contributed by atoms with van der Waals surface area (Å²) in [6.07, 6.45) is 1.16. The standard InChI is InChI=1S/C16H18N2O/c1-12(19)13-7-8-16(18-10-4-9-17-11-18)15-6-3-2-5-14(13)15/h2-3,5-8,17H,4,9-11H2,1H3. The Morgan fingerprint density at radius 3 is 2.63 bits per heavy atom. The van der Waals surface area contributed by atoms with Crippen molar-refractivity contribution in [1.29, 1.82) is 0 Å². The van der Waals surface area contributed by atoms with E-state index >= 15 is 0 Å². The van der Waals surface area contributed by atoms with E-state index in [1.807, 2.05) is 24.3 Å². The molecule has 19 heavy (non-hydrogen) atoms. The van der Waals surface area contributed by atoms with Crippen LogP contribution in [0.3, 0.4) is 0 Å². The van der Waals surface area contributed by atoms with Crippen molar-refractivity contribution in [3.05, 3.63) is 42.0 Å². The van der Waals surface area contributed by atoms with Crippen LogP contribution >= 0.6 is 0 Å². The van der Waals surface area contributed by atoms with E-state index in [-0.39, 0.29) is 5.78 Å². The summed E-state index contributed by atoms with van der Waals surface area (Å²) in [4.78, 5) is 14.1. The third-order valence-electron chi connectivity index (χ3n) is 3.71. The molecule has 1 fully saturated rings. The lowest BCUT2D eigenvalue weighted by Gasteiger charge is -2.30. The van der Waals surface area contributed by atoms with Crippen molar-refractivity contribution < 1.29 is 4.79 Å². The lowest BCUT2D eigenvalue weighted by atomic mass is 10.00. The molecule has 0 amide bonds. The van der Waals surface area contributed by atoms with Crippen LogP contribution in [0, 0.1) is 0 Å². The fourth-order valence-electron chi connectivity index (χ4n) is 2.76. The molecule has 1 saturated heterocycles. The van der Waals surface area contributed by atoms with Gasteiger partial charge in [0.15, 0.2) is 5.78 Å². The van der Waals surface area contributed by atoms with Crippen molar-refractivity contribution >= 4 is 22.2 Å². The monoisotopic (exact) mass is 254 g/mol. The molecule has 0 radical (unpaired) electrons. The zero-order chi connectivity index (χ0) is 13.2. The summed E-state index contributed by atoms with van der Waals surface area (Å²) < 4.78 is 0. The molecule has 3 nitrogen and oxygen atoms in total. The van der Waals surface area contributed by atoms with Gasteiger partial charge in [-0.3, -0.25) is 10.1 Å². The second-order valence-electron chi connectivity index (χ2n) is 5.01. The van der Waals surface area contributed by atoms with Crippen molar-refractivity contribution in [2.24, 2.45) is 0 Å². The van der Waals surface area contributed by atoms with Crippen molar-refractivity contribution in [2.45, 2.75) is 13.3 Å². The average Bonchev–Trinajstić information content (AvgIpc) is 2.47. The molecule has 1 aliphatic heterocycles. The number of anilines is 1. The van der Waals surface area contributed by atoms with Crippen LogP contribution in [0.15, 0.2) is 36.4 Å². The number of nitrogens with zero attached hydrogens (tertiary/aromatic N) is 1. The summed E-state index contributed by atoms with van der Waals surface area (Å²) in [6.45, 7) is 4.66. The van der Waals surface area contributed by atoms with Crippen LogP contribution in [0.25, 0.3) is 10.8 Å². The molecule has 0 saturated carbocycles. The first-order valence-electron chi connectivity index (χ1n) is 6.76. The second kappa shape index (κ2) is 5.02. The van der Waals surface area contributed by atoms with E-state index in [9.17, 15) is 4.79 Å². The number of Topliss-reactive ketones (excluding diaryl/α,β-unsaturated/α-hetero) is 1. The van der Waals surface area contributed by atoms with E-state index < -0.39 is 0 Å². The molecule has 0 unspecified atom stereocenters. The quantitative estimate of drug-likeness (QED) is 0.836. The first kappa shape index (κ1) is 12.2. The Hall–Kier alpha value is -1.87. The van der Waals surface area contributed by atoms with Crippen LogP contribution < -0.4 is 10.2 Å². The largest absolute Gasteiger partial charge is 0.358 e. The molecule has 1 heterocycles. The SMILES string of the molecule is CC(=O)c1ccc(N2CCCNC2)c2ccccc12. The molecule has 0 spiro atoms. The zero-order valence-corrected chi connectivity index (χ0v) is 11.1. The number of hydrogen-bond donors (Lipinski definition) is 1. The molecule has 0 aliphatic carbocycles. The topological polar surface area (TPSA) is 32.3 Å². The van der Waals surface area contributed by atoms with Crippen molar-refractivity contribution in [3.8, 4) is 0 Å². The molecule has 0 aromatic heterocycles. The number of carbonyl (C=O) groups is 1. The average molecular weight is 254 g/mol. The molecule has 2 aromatic rings. The molecule has 1 N–H and O–H groups in total. The summed E-state index contributed by atoms with van der Waals surface area (Å²) in [5, 5.41) is 5.61. The van der Waals surface area contributed by atoms with Gasteiger partial charge in [0.1, 0.15) is 0 Å². The van der Waals surface area contributed by atoms with Crippen LogP contribution in [0.5, 0.6) is 0 Å². The van der Waals surface area contributed by atoms with Gasteiger partial charge in [0, 0.05) is 23.2 Å². The maximum absolute atomic E-state index is 11.7. The highest BCUT2D eigenvalue weighted by Gasteiger charge is 2.15. The maximum Gasteiger partial charge on any atom is 0.160 e. The van der Waals surface area contributed by atoms with Crippen LogP contribution in [0.1, 0.15) is 23.7 Å². The van der Waals surface area contributed by atoms with E-state index in [1.165, 1.54) is 11.1 Å². The summed E-state index contributed by atoms with van der Waals surface area (Å²) in [5.41, 5.74) is 2.03. The van der Waals surface area contributed by atoms with Gasteiger partial charge in [-0.1, -0.05) is 24.3 Å². The van der Waals surface area contributed by atoms with Gasteiger partial charge in [0.05, 0.1) is 6.67 Å². The van der Waals surface area contributed by atoms with Gasteiger partial charge in [0.25, 0.3) is 0 Å². The number of benzene rings is 2. The Kier molecular flexibility index (Phi) is 3.22. The summed E-state index contributed by atoms with van der Waals surface area (Å²) in [6, 6.07) is 12.2. The highest BCUT2D eigenvalue weighted by molar-refractivity contribution is 6.10. The van der Waals surface area contributed by atoms with Crippen LogP contribution in [-0.4, -0.2) is 25.5 Å². The zero-order valence-electron chi connectivity index (χ0n) is 11.1. The van der Waals surface area contributed by atoms with Gasteiger partial charge < -0.3 is 4.90 Å². The number of hydrogen-bond acceptors (Lipinski definition) is 3. The number of ketones is 1. The van der Waals surface area contributed by atoms with Crippen molar-refractivity contribution in [1.82, 2.24) is 5.32 Å². The molecular formula is C16H18N2O. The fraction of sp³-hybridized carbons (Fsp3) is 0.312. The molecular weight excluding hydrogens is 236 g/mol. The molecule has 1 aliphatic rings. The predicted molar refractivity (Wildman–Crippen MR) is 78.8 cm³/mol. The third-order valence-corrected chi connectivity index (χ3v) is 3.71. The highest BCUT2D eigenvalue weighted by Crippen LogP contribution is 2.30.